The number of rotatable bonds is 3. The first-order valence-corrected chi connectivity index (χ1v) is 9.63. The average molecular weight is 367 g/mol. The molecule has 1 saturated heterocycles. The van der Waals surface area contributed by atoms with Gasteiger partial charge in [-0.15, -0.1) is 0 Å². The molecule has 3 heteroatoms. The zero-order valence-electron chi connectivity index (χ0n) is 15.9. The zero-order valence-corrected chi connectivity index (χ0v) is 15.9. The van der Waals surface area contributed by atoms with E-state index < -0.39 is 5.41 Å². The van der Waals surface area contributed by atoms with Crippen molar-refractivity contribution >= 4 is 17.5 Å². The minimum Gasteiger partial charge on any atom is -0.274 e. The molecule has 2 aliphatic rings. The molecule has 0 radical (unpaired) electrons. The van der Waals surface area contributed by atoms with Crippen LogP contribution in [0.1, 0.15) is 22.3 Å². The van der Waals surface area contributed by atoms with E-state index in [1.165, 1.54) is 4.90 Å². The van der Waals surface area contributed by atoms with Crippen molar-refractivity contribution < 1.29 is 9.59 Å². The van der Waals surface area contributed by atoms with Gasteiger partial charge in [-0.1, -0.05) is 78.4 Å². The number of amides is 2. The lowest BCUT2D eigenvalue weighted by Gasteiger charge is -2.27. The van der Waals surface area contributed by atoms with Crippen LogP contribution in [0.15, 0.2) is 78.9 Å². The molecular weight excluding hydrogens is 346 g/mol. The number of hydrogen-bond donors (Lipinski definition) is 0. The molecule has 3 aromatic rings. The molecule has 0 aromatic heterocycles. The molecule has 2 atom stereocenters. The minimum atomic E-state index is -0.550. The molecule has 2 fully saturated rings. The van der Waals surface area contributed by atoms with E-state index >= 15 is 0 Å². The second-order valence-corrected chi connectivity index (χ2v) is 7.86. The second-order valence-electron chi connectivity index (χ2n) is 7.86. The fraction of sp³-hybridized carbons (Fsp3) is 0.200. The fourth-order valence-electron chi connectivity index (χ4n) is 5.06. The van der Waals surface area contributed by atoms with Gasteiger partial charge in [0.2, 0.25) is 11.8 Å². The Morgan fingerprint density at radius 1 is 0.714 bits per heavy atom. The molecule has 0 N–H and O–H groups in total. The highest BCUT2D eigenvalue weighted by Crippen LogP contribution is 2.68. The van der Waals surface area contributed by atoms with Crippen LogP contribution >= 0.6 is 0 Å². The van der Waals surface area contributed by atoms with Crippen LogP contribution in [-0.2, 0) is 15.0 Å². The summed E-state index contributed by atoms with van der Waals surface area (Å²) in [4.78, 5) is 28.3. The highest BCUT2D eigenvalue weighted by Gasteiger charge is 2.78. The summed E-state index contributed by atoms with van der Waals surface area (Å²) >= 11 is 0. The molecule has 5 rings (SSSR count). The maximum atomic E-state index is 13.5. The van der Waals surface area contributed by atoms with Crippen molar-refractivity contribution in [1.82, 2.24) is 0 Å². The molecule has 0 bridgehead atoms. The molecule has 1 aliphatic carbocycles. The van der Waals surface area contributed by atoms with E-state index in [-0.39, 0.29) is 23.7 Å². The van der Waals surface area contributed by atoms with Gasteiger partial charge in [-0.25, -0.2) is 4.90 Å². The summed E-state index contributed by atoms with van der Waals surface area (Å²) in [5.41, 5.74) is 4.31. The van der Waals surface area contributed by atoms with E-state index in [0.717, 1.165) is 22.3 Å². The van der Waals surface area contributed by atoms with Crippen LogP contribution in [0.5, 0.6) is 0 Å². The van der Waals surface area contributed by atoms with Gasteiger partial charge in [0.05, 0.1) is 17.5 Å². The van der Waals surface area contributed by atoms with Crippen molar-refractivity contribution in [3.8, 4) is 0 Å². The highest BCUT2D eigenvalue weighted by atomic mass is 16.2. The maximum absolute atomic E-state index is 13.5. The monoisotopic (exact) mass is 367 g/mol. The van der Waals surface area contributed by atoms with E-state index in [1.807, 2.05) is 92.7 Å². The van der Waals surface area contributed by atoms with Crippen LogP contribution in [0.2, 0.25) is 0 Å². The van der Waals surface area contributed by atoms with Gasteiger partial charge in [0, 0.05) is 5.41 Å². The van der Waals surface area contributed by atoms with Gasteiger partial charge in [-0.2, -0.15) is 0 Å². The number of piperidine rings is 1. The van der Waals surface area contributed by atoms with E-state index in [4.69, 9.17) is 0 Å². The van der Waals surface area contributed by atoms with Crippen LogP contribution < -0.4 is 4.90 Å². The number of hydrogen-bond acceptors (Lipinski definition) is 2. The van der Waals surface area contributed by atoms with E-state index in [9.17, 15) is 9.59 Å². The largest absolute Gasteiger partial charge is 0.274 e. The molecule has 2 amide bonds. The Balaban J connectivity index is 1.62. The van der Waals surface area contributed by atoms with Gasteiger partial charge < -0.3 is 0 Å². The Morgan fingerprint density at radius 3 is 1.68 bits per heavy atom. The second kappa shape index (κ2) is 5.90. The van der Waals surface area contributed by atoms with Crippen molar-refractivity contribution in [3.05, 3.63) is 101 Å². The Hall–Kier alpha value is -3.20. The van der Waals surface area contributed by atoms with Crippen molar-refractivity contribution in [1.29, 1.82) is 0 Å². The van der Waals surface area contributed by atoms with E-state index in [0.29, 0.717) is 5.69 Å². The normalized spacial score (nSPS) is 22.3. The summed E-state index contributed by atoms with van der Waals surface area (Å²) < 4.78 is 0. The maximum Gasteiger partial charge on any atom is 0.239 e. The lowest BCUT2D eigenvalue weighted by Crippen LogP contribution is -2.39. The Morgan fingerprint density at radius 2 is 1.21 bits per heavy atom. The van der Waals surface area contributed by atoms with Crippen LogP contribution in [0.4, 0.5) is 5.69 Å². The standard InChI is InChI=1S/C25H21NO2/c1-16-13-14-20(17(2)15-16)26-23(27)21-22(24(26)28)25(21,18-9-5-3-6-10-18)19-11-7-4-8-12-19/h3-15,21-22H,1-2H3. The number of nitrogens with zero attached hydrogens (tertiary/aromatic N) is 1. The van der Waals surface area contributed by atoms with Gasteiger partial charge in [0.25, 0.3) is 0 Å². The lowest BCUT2D eigenvalue weighted by atomic mass is 9.82. The Bertz CT molecular complexity index is 1020. The van der Waals surface area contributed by atoms with Crippen LogP contribution in [0.3, 0.4) is 0 Å². The fourth-order valence-corrected chi connectivity index (χ4v) is 5.06. The molecule has 3 nitrogen and oxygen atoms in total. The number of anilines is 1. The van der Waals surface area contributed by atoms with Gasteiger partial charge in [0.15, 0.2) is 0 Å². The van der Waals surface area contributed by atoms with E-state index in [1.54, 1.807) is 0 Å². The molecular formula is C25H21NO2. The summed E-state index contributed by atoms with van der Waals surface area (Å²) in [6.45, 7) is 3.96. The third-order valence-electron chi connectivity index (χ3n) is 6.27. The third kappa shape index (κ3) is 2.10. The molecule has 1 saturated carbocycles. The number of imide groups is 1. The first kappa shape index (κ1) is 16.9. The zero-order chi connectivity index (χ0) is 19.5. The predicted molar refractivity (Wildman–Crippen MR) is 109 cm³/mol. The first-order chi connectivity index (χ1) is 13.6. The molecule has 138 valence electrons. The Kier molecular flexibility index (Phi) is 3.57. The first-order valence-electron chi connectivity index (χ1n) is 9.63. The predicted octanol–water partition coefficient (Wildman–Crippen LogP) is 4.41. The van der Waals surface area contributed by atoms with Crippen LogP contribution in [0, 0.1) is 25.7 Å². The lowest BCUT2D eigenvalue weighted by molar-refractivity contribution is -0.124. The number of carbonyl (C=O) groups excluding carboxylic acids is 2. The molecule has 28 heavy (non-hydrogen) atoms. The minimum absolute atomic E-state index is 0.0883. The van der Waals surface area contributed by atoms with Gasteiger partial charge >= 0.3 is 0 Å². The molecule has 1 aliphatic heterocycles. The number of aryl methyl sites for hydroxylation is 2. The summed E-state index contributed by atoms with van der Waals surface area (Å²) in [6.07, 6.45) is 0. The van der Waals surface area contributed by atoms with Crippen molar-refractivity contribution in [2.45, 2.75) is 19.3 Å². The van der Waals surface area contributed by atoms with Crippen LogP contribution in [0.25, 0.3) is 0 Å². The van der Waals surface area contributed by atoms with Gasteiger partial charge in [-0.05, 0) is 36.6 Å². The smallest absolute Gasteiger partial charge is 0.239 e. The summed E-state index contributed by atoms with van der Waals surface area (Å²) in [6, 6.07) is 25.8. The van der Waals surface area contributed by atoms with Crippen molar-refractivity contribution in [2.75, 3.05) is 4.90 Å². The average Bonchev–Trinajstić information content (AvgIpc) is 3.35. The SMILES string of the molecule is Cc1ccc(N2C(=O)C3C(C2=O)C3(c2ccccc2)c2ccccc2)c(C)c1. The van der Waals surface area contributed by atoms with Crippen molar-refractivity contribution in [3.63, 3.8) is 0 Å². The quantitative estimate of drug-likeness (QED) is 0.643. The number of carbonyl (C=O) groups is 2. The molecule has 1 heterocycles. The third-order valence-corrected chi connectivity index (χ3v) is 6.27. The van der Waals surface area contributed by atoms with E-state index in [2.05, 4.69) is 0 Å². The highest BCUT2D eigenvalue weighted by molar-refractivity contribution is 6.27. The van der Waals surface area contributed by atoms with Crippen molar-refractivity contribution in [2.24, 2.45) is 11.8 Å². The van der Waals surface area contributed by atoms with Gasteiger partial charge in [-0.3, -0.25) is 9.59 Å². The topological polar surface area (TPSA) is 37.4 Å². The number of benzene rings is 3. The van der Waals surface area contributed by atoms with Gasteiger partial charge in [0.1, 0.15) is 0 Å². The number of fused-ring (bicyclic) bond motifs is 1. The molecule has 2 unspecified atom stereocenters. The van der Waals surface area contributed by atoms with Crippen LogP contribution in [-0.4, -0.2) is 11.8 Å². The summed E-state index contributed by atoms with van der Waals surface area (Å²) in [5.74, 6) is -0.861. The summed E-state index contributed by atoms with van der Waals surface area (Å²) in [7, 11) is 0. The Labute approximate surface area is 164 Å². The molecule has 3 aromatic carbocycles. The molecule has 0 spiro atoms. The summed E-state index contributed by atoms with van der Waals surface area (Å²) in [5, 5.41) is 0.